The summed E-state index contributed by atoms with van der Waals surface area (Å²) in [5.74, 6) is 1.79. The van der Waals surface area contributed by atoms with Gasteiger partial charge in [0.1, 0.15) is 18.5 Å². The molecule has 36 heavy (non-hydrogen) atoms. The highest BCUT2D eigenvalue weighted by Crippen LogP contribution is 2.34. The number of ether oxygens (including phenoxy) is 2. The number of benzene rings is 2. The first-order valence-electron chi connectivity index (χ1n) is 12.9. The predicted octanol–water partition coefficient (Wildman–Crippen LogP) is 5.20. The Labute approximate surface area is 213 Å². The summed E-state index contributed by atoms with van der Waals surface area (Å²) in [6.07, 6.45) is 2.75. The second kappa shape index (κ2) is 12.2. The molecule has 192 valence electrons. The summed E-state index contributed by atoms with van der Waals surface area (Å²) in [6, 6.07) is 18.0. The SMILES string of the molecule is CCCC(=O)OC[C@@H](O)CN(Cc1c(C)nn(-c2ccccc2)c1Oc1cccc(C)c1)CC1CC1. The summed E-state index contributed by atoms with van der Waals surface area (Å²) in [6.45, 7) is 7.85. The number of rotatable bonds is 13. The van der Waals surface area contributed by atoms with Gasteiger partial charge in [-0.25, -0.2) is 4.68 Å². The molecule has 1 aromatic heterocycles. The van der Waals surface area contributed by atoms with Crippen molar-refractivity contribution >= 4 is 5.97 Å². The number of aliphatic hydroxyl groups is 1. The molecule has 1 aliphatic rings. The first-order chi connectivity index (χ1) is 17.4. The molecule has 4 rings (SSSR count). The fraction of sp³-hybridized carbons (Fsp3) is 0.448. The van der Waals surface area contributed by atoms with Crippen molar-refractivity contribution in [2.45, 2.75) is 59.1 Å². The summed E-state index contributed by atoms with van der Waals surface area (Å²) in [5.41, 5.74) is 3.90. The smallest absolute Gasteiger partial charge is 0.305 e. The van der Waals surface area contributed by atoms with Crippen molar-refractivity contribution < 1.29 is 19.4 Å². The van der Waals surface area contributed by atoms with Crippen LogP contribution in [0.25, 0.3) is 5.69 Å². The Kier molecular flexibility index (Phi) is 8.78. The third-order valence-corrected chi connectivity index (χ3v) is 6.30. The van der Waals surface area contributed by atoms with Crippen LogP contribution in [0.15, 0.2) is 54.6 Å². The normalized spacial score (nSPS) is 14.1. The van der Waals surface area contributed by atoms with Gasteiger partial charge in [0, 0.05) is 26.1 Å². The predicted molar refractivity (Wildman–Crippen MR) is 139 cm³/mol. The minimum Gasteiger partial charge on any atom is -0.463 e. The van der Waals surface area contributed by atoms with Crippen molar-refractivity contribution in [1.82, 2.24) is 14.7 Å². The highest BCUT2D eigenvalue weighted by molar-refractivity contribution is 5.69. The van der Waals surface area contributed by atoms with Crippen LogP contribution in [0.1, 0.15) is 49.4 Å². The number of hydrogen-bond acceptors (Lipinski definition) is 6. The minimum atomic E-state index is -0.754. The molecule has 0 amide bonds. The van der Waals surface area contributed by atoms with Gasteiger partial charge in [0.05, 0.1) is 16.9 Å². The van der Waals surface area contributed by atoms with E-state index in [0.29, 0.717) is 31.3 Å². The maximum atomic E-state index is 11.8. The van der Waals surface area contributed by atoms with Gasteiger partial charge < -0.3 is 14.6 Å². The minimum absolute atomic E-state index is 0.00884. The van der Waals surface area contributed by atoms with Gasteiger partial charge in [-0.3, -0.25) is 9.69 Å². The summed E-state index contributed by atoms with van der Waals surface area (Å²) in [4.78, 5) is 14.0. The van der Waals surface area contributed by atoms with E-state index in [1.807, 2.05) is 80.1 Å². The largest absolute Gasteiger partial charge is 0.463 e. The molecule has 0 saturated heterocycles. The van der Waals surface area contributed by atoms with Crippen molar-refractivity contribution in [3.05, 3.63) is 71.4 Å². The second-order valence-electron chi connectivity index (χ2n) is 9.76. The van der Waals surface area contributed by atoms with Gasteiger partial charge in [-0.2, -0.15) is 5.10 Å². The van der Waals surface area contributed by atoms with Crippen LogP contribution in [-0.4, -0.2) is 51.6 Å². The third kappa shape index (κ3) is 7.18. The van der Waals surface area contributed by atoms with E-state index in [4.69, 9.17) is 14.6 Å². The first-order valence-corrected chi connectivity index (χ1v) is 12.9. The Balaban J connectivity index is 1.59. The van der Waals surface area contributed by atoms with Crippen molar-refractivity contribution in [3.63, 3.8) is 0 Å². The Hall–Kier alpha value is -3.16. The Morgan fingerprint density at radius 3 is 2.64 bits per heavy atom. The monoisotopic (exact) mass is 491 g/mol. The quantitative estimate of drug-likeness (QED) is 0.331. The van der Waals surface area contributed by atoms with E-state index < -0.39 is 6.10 Å². The first kappa shape index (κ1) is 25.9. The molecule has 0 unspecified atom stereocenters. The average Bonchev–Trinajstić information content (AvgIpc) is 3.63. The topological polar surface area (TPSA) is 76.8 Å². The molecule has 0 bridgehead atoms. The standard InChI is InChI=1S/C29H37N3O4/c1-4-9-28(34)35-20-25(33)18-31(17-23-14-15-23)19-27-22(3)30-32(24-11-6-5-7-12-24)29(27)36-26-13-8-10-21(2)16-26/h5-8,10-13,16,23,25,33H,4,9,14-15,17-20H2,1-3H3/t25-/m0/s1. The lowest BCUT2D eigenvalue weighted by Gasteiger charge is -2.25. The van der Waals surface area contributed by atoms with Crippen LogP contribution in [-0.2, 0) is 16.1 Å². The molecular formula is C29H37N3O4. The summed E-state index contributed by atoms with van der Waals surface area (Å²) >= 11 is 0. The van der Waals surface area contributed by atoms with E-state index in [2.05, 4.69) is 4.90 Å². The van der Waals surface area contributed by atoms with Gasteiger partial charge in [0.2, 0.25) is 5.88 Å². The molecule has 2 aromatic carbocycles. The lowest BCUT2D eigenvalue weighted by Crippen LogP contribution is -2.36. The van der Waals surface area contributed by atoms with Crippen LogP contribution < -0.4 is 4.74 Å². The molecule has 0 aliphatic heterocycles. The van der Waals surface area contributed by atoms with Gasteiger partial charge >= 0.3 is 5.97 Å². The maximum absolute atomic E-state index is 11.8. The molecule has 1 atom stereocenters. The summed E-state index contributed by atoms with van der Waals surface area (Å²) in [7, 11) is 0. The van der Waals surface area contributed by atoms with Gasteiger partial charge in [0.25, 0.3) is 0 Å². The zero-order valence-electron chi connectivity index (χ0n) is 21.5. The summed E-state index contributed by atoms with van der Waals surface area (Å²) < 4.78 is 13.6. The van der Waals surface area contributed by atoms with Gasteiger partial charge in [-0.15, -0.1) is 0 Å². The van der Waals surface area contributed by atoms with Crippen LogP contribution in [0.3, 0.4) is 0 Å². The molecule has 7 heteroatoms. The van der Waals surface area contributed by atoms with Crippen LogP contribution in [0.2, 0.25) is 0 Å². The molecule has 0 radical (unpaired) electrons. The fourth-order valence-electron chi connectivity index (χ4n) is 4.27. The zero-order valence-corrected chi connectivity index (χ0v) is 21.5. The average molecular weight is 492 g/mol. The highest BCUT2D eigenvalue weighted by atomic mass is 16.5. The molecule has 7 nitrogen and oxygen atoms in total. The van der Waals surface area contributed by atoms with Crippen LogP contribution in [0.4, 0.5) is 0 Å². The number of aliphatic hydroxyl groups excluding tert-OH is 1. The molecule has 1 saturated carbocycles. The van der Waals surface area contributed by atoms with Crippen LogP contribution >= 0.6 is 0 Å². The number of para-hydroxylation sites is 1. The zero-order chi connectivity index (χ0) is 25.5. The molecule has 1 N–H and O–H groups in total. The Bertz CT molecular complexity index is 1140. The number of carbonyl (C=O) groups excluding carboxylic acids is 1. The highest BCUT2D eigenvalue weighted by Gasteiger charge is 2.28. The van der Waals surface area contributed by atoms with E-state index in [0.717, 1.165) is 41.2 Å². The third-order valence-electron chi connectivity index (χ3n) is 6.30. The number of hydrogen-bond donors (Lipinski definition) is 1. The second-order valence-corrected chi connectivity index (χ2v) is 9.76. The number of aromatic nitrogens is 2. The van der Waals surface area contributed by atoms with E-state index >= 15 is 0 Å². The molecule has 1 fully saturated rings. The van der Waals surface area contributed by atoms with E-state index in [9.17, 15) is 9.90 Å². The lowest BCUT2D eigenvalue weighted by atomic mass is 10.2. The maximum Gasteiger partial charge on any atom is 0.305 e. The summed E-state index contributed by atoms with van der Waals surface area (Å²) in [5, 5.41) is 15.5. The van der Waals surface area contributed by atoms with Gasteiger partial charge in [0.15, 0.2) is 0 Å². The number of aryl methyl sites for hydroxylation is 2. The molecule has 0 spiro atoms. The Morgan fingerprint density at radius 2 is 1.94 bits per heavy atom. The molecule has 1 heterocycles. The number of carbonyl (C=O) groups is 1. The van der Waals surface area contributed by atoms with Gasteiger partial charge in [-0.05, 0) is 68.9 Å². The number of nitrogens with zero attached hydrogens (tertiary/aromatic N) is 3. The van der Waals surface area contributed by atoms with Crippen molar-refractivity contribution in [2.75, 3.05) is 19.7 Å². The van der Waals surface area contributed by atoms with Crippen molar-refractivity contribution in [2.24, 2.45) is 5.92 Å². The van der Waals surface area contributed by atoms with Crippen molar-refractivity contribution in [1.29, 1.82) is 0 Å². The van der Waals surface area contributed by atoms with E-state index in [1.165, 1.54) is 12.8 Å². The molecule has 1 aliphatic carbocycles. The lowest BCUT2D eigenvalue weighted by molar-refractivity contribution is -0.147. The van der Waals surface area contributed by atoms with Crippen LogP contribution in [0.5, 0.6) is 11.6 Å². The molecular weight excluding hydrogens is 454 g/mol. The number of esters is 1. The van der Waals surface area contributed by atoms with E-state index in [1.54, 1.807) is 0 Å². The van der Waals surface area contributed by atoms with Gasteiger partial charge in [-0.1, -0.05) is 37.3 Å². The Morgan fingerprint density at radius 1 is 1.17 bits per heavy atom. The fourth-order valence-corrected chi connectivity index (χ4v) is 4.27. The molecule has 3 aromatic rings. The van der Waals surface area contributed by atoms with Crippen molar-refractivity contribution in [3.8, 4) is 17.3 Å². The van der Waals surface area contributed by atoms with Crippen LogP contribution in [0, 0.1) is 19.8 Å². The van der Waals surface area contributed by atoms with E-state index in [-0.39, 0.29) is 12.6 Å².